The van der Waals surface area contributed by atoms with Crippen molar-refractivity contribution in [2.45, 2.75) is 13.5 Å². The van der Waals surface area contributed by atoms with Gasteiger partial charge in [-0.15, -0.1) is 0 Å². The number of nitrogens with one attached hydrogen (secondary N) is 2. The van der Waals surface area contributed by atoms with Crippen LogP contribution in [0.5, 0.6) is 0 Å². The second kappa shape index (κ2) is 8.08. The highest BCUT2D eigenvalue weighted by Gasteiger charge is 2.01. The number of rotatable bonds is 7. The van der Waals surface area contributed by atoms with Crippen molar-refractivity contribution in [3.63, 3.8) is 0 Å². The molecule has 100 valence electrons. The number of methoxy groups -OCH3 is 1. The van der Waals surface area contributed by atoms with E-state index in [9.17, 15) is 4.79 Å². The summed E-state index contributed by atoms with van der Waals surface area (Å²) in [5.41, 5.74) is 2.12. The summed E-state index contributed by atoms with van der Waals surface area (Å²) < 4.78 is 4.84. The minimum Gasteiger partial charge on any atom is -0.383 e. The van der Waals surface area contributed by atoms with Crippen LogP contribution in [0.3, 0.4) is 0 Å². The number of carbonyl (C=O) groups excluding carboxylic acids is 1. The molecule has 0 fully saturated rings. The first-order chi connectivity index (χ1) is 8.63. The van der Waals surface area contributed by atoms with Gasteiger partial charge in [0.15, 0.2) is 0 Å². The highest BCUT2D eigenvalue weighted by Crippen LogP contribution is 2.16. The fourth-order valence-corrected chi connectivity index (χ4v) is 1.62. The first-order valence-electron chi connectivity index (χ1n) is 5.85. The van der Waals surface area contributed by atoms with Gasteiger partial charge in [0.05, 0.1) is 13.2 Å². The van der Waals surface area contributed by atoms with E-state index < -0.39 is 0 Å². The Balaban J connectivity index is 2.24. The average molecular weight is 271 g/mol. The Kier molecular flexibility index (Phi) is 6.72. The van der Waals surface area contributed by atoms with Crippen LogP contribution in [0, 0.1) is 6.92 Å². The van der Waals surface area contributed by atoms with Gasteiger partial charge in [0.25, 0.3) is 0 Å². The molecule has 0 saturated carbocycles. The maximum Gasteiger partial charge on any atom is 0.234 e. The van der Waals surface area contributed by atoms with Gasteiger partial charge in [0.1, 0.15) is 0 Å². The number of amides is 1. The molecule has 0 heterocycles. The lowest BCUT2D eigenvalue weighted by molar-refractivity contribution is -0.120. The van der Waals surface area contributed by atoms with Crippen LogP contribution in [0.25, 0.3) is 0 Å². The maximum atomic E-state index is 11.4. The van der Waals surface area contributed by atoms with Gasteiger partial charge in [-0.05, 0) is 24.1 Å². The summed E-state index contributed by atoms with van der Waals surface area (Å²) in [4.78, 5) is 11.4. The lowest BCUT2D eigenvalue weighted by atomic mass is 10.1. The van der Waals surface area contributed by atoms with Gasteiger partial charge in [-0.3, -0.25) is 4.79 Å². The summed E-state index contributed by atoms with van der Waals surface area (Å²) in [7, 11) is 1.60. The number of halogens is 1. The summed E-state index contributed by atoms with van der Waals surface area (Å²) in [6, 6.07) is 5.88. The van der Waals surface area contributed by atoms with E-state index in [0.29, 0.717) is 19.7 Å². The first kappa shape index (κ1) is 15.0. The summed E-state index contributed by atoms with van der Waals surface area (Å²) in [5.74, 6) is -0.0368. The number of ether oxygens (including phenoxy) is 1. The third kappa shape index (κ3) is 5.49. The van der Waals surface area contributed by atoms with Crippen LogP contribution in [0.1, 0.15) is 11.1 Å². The SMILES string of the molecule is COCCNC(=O)CNCc1ccc(C)c(Cl)c1. The van der Waals surface area contributed by atoms with Crippen molar-refractivity contribution in [3.05, 3.63) is 34.3 Å². The van der Waals surface area contributed by atoms with Crippen LogP contribution in [-0.2, 0) is 16.1 Å². The molecule has 0 atom stereocenters. The van der Waals surface area contributed by atoms with Gasteiger partial charge in [-0.25, -0.2) is 0 Å². The first-order valence-corrected chi connectivity index (χ1v) is 6.22. The predicted octanol–water partition coefficient (Wildman–Crippen LogP) is 1.50. The summed E-state index contributed by atoms with van der Waals surface area (Å²) in [6.07, 6.45) is 0. The molecule has 1 aromatic rings. The molecule has 1 aromatic carbocycles. The molecule has 0 spiro atoms. The Hall–Kier alpha value is -1.10. The molecule has 18 heavy (non-hydrogen) atoms. The molecule has 0 aliphatic carbocycles. The summed E-state index contributed by atoms with van der Waals surface area (Å²) in [5, 5.41) is 6.55. The summed E-state index contributed by atoms with van der Waals surface area (Å²) >= 11 is 6.02. The molecule has 5 heteroatoms. The molecule has 2 N–H and O–H groups in total. The molecule has 1 amide bonds. The molecule has 0 saturated heterocycles. The number of benzene rings is 1. The van der Waals surface area contributed by atoms with Crippen LogP contribution in [0.2, 0.25) is 5.02 Å². The topological polar surface area (TPSA) is 50.4 Å². The van der Waals surface area contributed by atoms with Gasteiger partial charge in [0.2, 0.25) is 5.91 Å². The molecule has 0 aliphatic rings. The second-order valence-corrected chi connectivity index (χ2v) is 4.44. The van der Waals surface area contributed by atoms with Crippen molar-refractivity contribution in [3.8, 4) is 0 Å². The van der Waals surface area contributed by atoms with E-state index in [1.54, 1.807) is 7.11 Å². The lowest BCUT2D eigenvalue weighted by Gasteiger charge is -2.07. The van der Waals surface area contributed by atoms with Crippen molar-refractivity contribution < 1.29 is 9.53 Å². The van der Waals surface area contributed by atoms with E-state index in [4.69, 9.17) is 16.3 Å². The Morgan fingerprint density at radius 2 is 2.22 bits per heavy atom. The van der Waals surface area contributed by atoms with Gasteiger partial charge < -0.3 is 15.4 Å². The highest BCUT2D eigenvalue weighted by molar-refractivity contribution is 6.31. The molecular formula is C13H19ClN2O2. The van der Waals surface area contributed by atoms with E-state index >= 15 is 0 Å². The fourth-order valence-electron chi connectivity index (χ4n) is 1.42. The average Bonchev–Trinajstić information content (AvgIpc) is 2.34. The van der Waals surface area contributed by atoms with Gasteiger partial charge >= 0.3 is 0 Å². The van der Waals surface area contributed by atoms with Crippen LogP contribution in [-0.4, -0.2) is 32.7 Å². The Morgan fingerprint density at radius 3 is 2.89 bits per heavy atom. The largest absolute Gasteiger partial charge is 0.383 e. The van der Waals surface area contributed by atoms with E-state index in [-0.39, 0.29) is 12.5 Å². The van der Waals surface area contributed by atoms with E-state index in [1.807, 2.05) is 25.1 Å². The predicted molar refractivity (Wildman–Crippen MR) is 72.8 cm³/mol. The van der Waals surface area contributed by atoms with Crippen molar-refractivity contribution in [2.75, 3.05) is 26.8 Å². The van der Waals surface area contributed by atoms with Crippen molar-refractivity contribution in [2.24, 2.45) is 0 Å². The minimum atomic E-state index is -0.0368. The van der Waals surface area contributed by atoms with E-state index in [0.717, 1.165) is 16.1 Å². The second-order valence-electron chi connectivity index (χ2n) is 4.03. The third-order valence-corrected chi connectivity index (χ3v) is 2.89. The minimum absolute atomic E-state index is 0.0368. The third-order valence-electron chi connectivity index (χ3n) is 2.48. The number of carbonyl (C=O) groups is 1. The van der Waals surface area contributed by atoms with Gasteiger partial charge in [-0.2, -0.15) is 0 Å². The molecule has 1 rings (SSSR count). The lowest BCUT2D eigenvalue weighted by Crippen LogP contribution is -2.35. The van der Waals surface area contributed by atoms with Crippen LogP contribution >= 0.6 is 11.6 Å². The molecule has 0 bridgehead atoms. The van der Waals surface area contributed by atoms with Gasteiger partial charge in [0, 0.05) is 25.2 Å². The Morgan fingerprint density at radius 1 is 1.44 bits per heavy atom. The van der Waals surface area contributed by atoms with E-state index in [2.05, 4.69) is 10.6 Å². The molecule has 4 nitrogen and oxygen atoms in total. The maximum absolute atomic E-state index is 11.4. The quantitative estimate of drug-likeness (QED) is 0.739. The van der Waals surface area contributed by atoms with E-state index in [1.165, 1.54) is 0 Å². The molecule has 0 radical (unpaired) electrons. The fraction of sp³-hybridized carbons (Fsp3) is 0.462. The number of hydrogen-bond donors (Lipinski definition) is 2. The molecule has 0 unspecified atom stereocenters. The molecule has 0 aliphatic heterocycles. The number of hydrogen-bond acceptors (Lipinski definition) is 3. The smallest absolute Gasteiger partial charge is 0.234 e. The number of aryl methyl sites for hydroxylation is 1. The van der Waals surface area contributed by atoms with Crippen molar-refractivity contribution in [1.82, 2.24) is 10.6 Å². The normalized spacial score (nSPS) is 10.4. The monoisotopic (exact) mass is 270 g/mol. The Bertz CT molecular complexity index is 397. The van der Waals surface area contributed by atoms with Crippen LogP contribution < -0.4 is 10.6 Å². The van der Waals surface area contributed by atoms with Crippen LogP contribution in [0.4, 0.5) is 0 Å². The molecule has 0 aromatic heterocycles. The zero-order valence-corrected chi connectivity index (χ0v) is 11.5. The highest BCUT2D eigenvalue weighted by atomic mass is 35.5. The zero-order valence-electron chi connectivity index (χ0n) is 10.8. The van der Waals surface area contributed by atoms with Crippen molar-refractivity contribution >= 4 is 17.5 Å². The van der Waals surface area contributed by atoms with Crippen molar-refractivity contribution in [1.29, 1.82) is 0 Å². The van der Waals surface area contributed by atoms with Gasteiger partial charge in [-0.1, -0.05) is 23.7 Å². The summed E-state index contributed by atoms with van der Waals surface area (Å²) in [6.45, 7) is 3.93. The standard InChI is InChI=1S/C13H19ClN2O2/c1-10-3-4-11(7-12(10)14)8-15-9-13(17)16-5-6-18-2/h3-4,7,15H,5-6,8-9H2,1-2H3,(H,16,17). The molecular weight excluding hydrogens is 252 g/mol. The van der Waals surface area contributed by atoms with Crippen LogP contribution in [0.15, 0.2) is 18.2 Å². The Labute approximate surface area is 113 Å². The zero-order chi connectivity index (χ0) is 13.4.